The molecule has 1 aromatic heterocycles. The standard InChI is InChI=1S/C17H20FN3O3/c1-16(2,11-6-5-7-12(18)8-11)14(22)20-13-9-19-21(10-13)17(3,4)15(23)24/h5-10H,1-4H3,(H,20,22)(H,23,24). The maximum Gasteiger partial charge on any atom is 0.331 e. The number of benzene rings is 1. The second-order valence-electron chi connectivity index (χ2n) is 6.63. The van der Waals surface area contributed by atoms with Crippen molar-refractivity contribution in [1.82, 2.24) is 9.78 Å². The van der Waals surface area contributed by atoms with Crippen molar-refractivity contribution in [3.05, 3.63) is 48.0 Å². The first-order valence-corrected chi connectivity index (χ1v) is 7.41. The van der Waals surface area contributed by atoms with Crippen molar-refractivity contribution >= 4 is 17.6 Å². The van der Waals surface area contributed by atoms with E-state index in [4.69, 9.17) is 0 Å². The maximum atomic E-state index is 13.4. The monoisotopic (exact) mass is 333 g/mol. The molecule has 1 heterocycles. The largest absolute Gasteiger partial charge is 0.479 e. The Morgan fingerprint density at radius 2 is 1.92 bits per heavy atom. The van der Waals surface area contributed by atoms with E-state index in [2.05, 4.69) is 10.4 Å². The third-order valence-corrected chi connectivity index (χ3v) is 4.05. The van der Waals surface area contributed by atoms with Gasteiger partial charge in [0.15, 0.2) is 5.54 Å². The molecule has 0 aliphatic rings. The van der Waals surface area contributed by atoms with Crippen LogP contribution in [0.25, 0.3) is 0 Å². The zero-order valence-electron chi connectivity index (χ0n) is 14.0. The molecule has 7 heteroatoms. The molecular weight excluding hydrogens is 313 g/mol. The van der Waals surface area contributed by atoms with Crippen LogP contribution in [-0.4, -0.2) is 26.8 Å². The molecule has 0 aliphatic heterocycles. The number of aliphatic carboxylic acids is 1. The first kappa shape index (κ1) is 17.7. The summed E-state index contributed by atoms with van der Waals surface area (Å²) in [6, 6.07) is 5.86. The molecular formula is C17H20FN3O3. The number of carboxylic acid groups (broad SMARTS) is 1. The molecule has 0 unspecified atom stereocenters. The minimum absolute atomic E-state index is 0.346. The van der Waals surface area contributed by atoms with Gasteiger partial charge in [-0.15, -0.1) is 0 Å². The summed E-state index contributed by atoms with van der Waals surface area (Å²) in [4.78, 5) is 23.8. The van der Waals surface area contributed by atoms with E-state index >= 15 is 0 Å². The van der Waals surface area contributed by atoms with Crippen LogP contribution in [0.5, 0.6) is 0 Å². The zero-order chi connectivity index (χ0) is 18.1. The number of hydrogen-bond donors (Lipinski definition) is 2. The number of carbonyl (C=O) groups is 2. The highest BCUT2D eigenvalue weighted by Gasteiger charge is 2.32. The summed E-state index contributed by atoms with van der Waals surface area (Å²) in [5, 5.41) is 15.9. The number of carbonyl (C=O) groups excluding carboxylic acids is 1. The predicted molar refractivity (Wildman–Crippen MR) is 87.2 cm³/mol. The van der Waals surface area contributed by atoms with E-state index in [-0.39, 0.29) is 5.91 Å². The van der Waals surface area contributed by atoms with Crippen LogP contribution in [0.2, 0.25) is 0 Å². The molecule has 2 aromatic rings. The van der Waals surface area contributed by atoms with Crippen LogP contribution >= 0.6 is 0 Å². The Bertz CT molecular complexity index is 781. The fourth-order valence-electron chi connectivity index (χ4n) is 2.09. The minimum Gasteiger partial charge on any atom is -0.479 e. The zero-order valence-corrected chi connectivity index (χ0v) is 14.0. The van der Waals surface area contributed by atoms with Crippen LogP contribution in [0, 0.1) is 5.82 Å². The van der Waals surface area contributed by atoms with Gasteiger partial charge in [-0.05, 0) is 45.4 Å². The highest BCUT2D eigenvalue weighted by Crippen LogP contribution is 2.26. The molecule has 0 bridgehead atoms. The molecule has 24 heavy (non-hydrogen) atoms. The molecule has 2 N–H and O–H groups in total. The van der Waals surface area contributed by atoms with Crippen molar-refractivity contribution in [3.8, 4) is 0 Å². The van der Waals surface area contributed by atoms with E-state index < -0.39 is 22.7 Å². The molecule has 1 aromatic carbocycles. The SMILES string of the molecule is CC(C)(C(=O)Nc1cnn(C(C)(C)C(=O)O)c1)c1cccc(F)c1. The first-order chi connectivity index (χ1) is 11.0. The lowest BCUT2D eigenvalue weighted by atomic mass is 9.83. The second-order valence-corrected chi connectivity index (χ2v) is 6.63. The average molecular weight is 333 g/mol. The van der Waals surface area contributed by atoms with Gasteiger partial charge in [-0.1, -0.05) is 12.1 Å². The fourth-order valence-corrected chi connectivity index (χ4v) is 2.09. The molecule has 128 valence electrons. The topological polar surface area (TPSA) is 84.2 Å². The number of nitrogens with zero attached hydrogens (tertiary/aromatic N) is 2. The van der Waals surface area contributed by atoms with E-state index in [0.717, 1.165) is 0 Å². The molecule has 0 saturated heterocycles. The number of nitrogens with one attached hydrogen (secondary N) is 1. The lowest BCUT2D eigenvalue weighted by Gasteiger charge is -2.24. The highest BCUT2D eigenvalue weighted by atomic mass is 19.1. The maximum absolute atomic E-state index is 13.4. The summed E-state index contributed by atoms with van der Waals surface area (Å²) in [5.74, 6) is -1.80. The van der Waals surface area contributed by atoms with Crippen molar-refractivity contribution < 1.29 is 19.1 Å². The molecule has 0 radical (unpaired) electrons. The van der Waals surface area contributed by atoms with Crippen molar-refractivity contribution in [2.24, 2.45) is 0 Å². The van der Waals surface area contributed by atoms with Crippen molar-refractivity contribution in [3.63, 3.8) is 0 Å². The van der Waals surface area contributed by atoms with Crippen molar-refractivity contribution in [2.45, 2.75) is 38.6 Å². The molecule has 0 atom stereocenters. The molecule has 1 amide bonds. The Balaban J connectivity index is 2.21. The van der Waals surface area contributed by atoms with Gasteiger partial charge in [0.1, 0.15) is 5.82 Å². The van der Waals surface area contributed by atoms with Gasteiger partial charge in [0.25, 0.3) is 0 Å². The van der Waals surface area contributed by atoms with Gasteiger partial charge < -0.3 is 10.4 Å². The van der Waals surface area contributed by atoms with E-state index in [1.54, 1.807) is 26.0 Å². The molecule has 6 nitrogen and oxygen atoms in total. The smallest absolute Gasteiger partial charge is 0.331 e. The molecule has 0 fully saturated rings. The Hall–Kier alpha value is -2.70. The van der Waals surface area contributed by atoms with Crippen LogP contribution < -0.4 is 5.32 Å². The lowest BCUT2D eigenvalue weighted by molar-refractivity contribution is -0.146. The van der Waals surface area contributed by atoms with Gasteiger partial charge in [0, 0.05) is 6.20 Å². The van der Waals surface area contributed by atoms with E-state index in [9.17, 15) is 19.1 Å². The third kappa shape index (κ3) is 3.29. The second kappa shape index (κ2) is 6.07. The molecule has 0 saturated carbocycles. The summed E-state index contributed by atoms with van der Waals surface area (Å²) in [6.07, 6.45) is 2.83. The van der Waals surface area contributed by atoms with E-state index in [1.165, 1.54) is 43.1 Å². The van der Waals surface area contributed by atoms with Gasteiger partial charge in [-0.3, -0.25) is 9.48 Å². The van der Waals surface area contributed by atoms with E-state index in [0.29, 0.717) is 11.3 Å². The Kier molecular flexibility index (Phi) is 4.46. The van der Waals surface area contributed by atoms with Crippen LogP contribution in [0.1, 0.15) is 33.3 Å². The van der Waals surface area contributed by atoms with Crippen molar-refractivity contribution in [1.29, 1.82) is 0 Å². The number of aromatic nitrogens is 2. The number of anilines is 1. The normalized spacial score (nSPS) is 12.0. The minimum atomic E-state index is -1.24. The van der Waals surface area contributed by atoms with E-state index in [1.807, 2.05) is 0 Å². The highest BCUT2D eigenvalue weighted by molar-refractivity contribution is 5.98. The summed E-state index contributed by atoms with van der Waals surface area (Å²) < 4.78 is 14.7. The van der Waals surface area contributed by atoms with Crippen LogP contribution in [0.3, 0.4) is 0 Å². The van der Waals surface area contributed by atoms with Gasteiger partial charge in [0.2, 0.25) is 5.91 Å². The number of amides is 1. The number of halogens is 1. The number of hydrogen-bond acceptors (Lipinski definition) is 3. The number of rotatable bonds is 5. The number of carboxylic acids is 1. The van der Waals surface area contributed by atoms with Crippen LogP contribution in [0.15, 0.2) is 36.7 Å². The Morgan fingerprint density at radius 3 is 2.50 bits per heavy atom. The molecule has 0 spiro atoms. The third-order valence-electron chi connectivity index (χ3n) is 4.05. The fraction of sp³-hybridized carbons (Fsp3) is 0.353. The Morgan fingerprint density at radius 1 is 1.25 bits per heavy atom. The Labute approximate surface area is 139 Å². The summed E-state index contributed by atoms with van der Waals surface area (Å²) in [7, 11) is 0. The van der Waals surface area contributed by atoms with Crippen molar-refractivity contribution in [2.75, 3.05) is 5.32 Å². The van der Waals surface area contributed by atoms with Gasteiger partial charge >= 0.3 is 5.97 Å². The van der Waals surface area contributed by atoms with Gasteiger partial charge in [-0.2, -0.15) is 5.10 Å². The van der Waals surface area contributed by atoms with Crippen LogP contribution in [-0.2, 0) is 20.5 Å². The van der Waals surface area contributed by atoms with Crippen LogP contribution in [0.4, 0.5) is 10.1 Å². The quantitative estimate of drug-likeness (QED) is 0.881. The predicted octanol–water partition coefficient (Wildman–Crippen LogP) is 2.76. The molecule has 0 aliphatic carbocycles. The summed E-state index contributed by atoms with van der Waals surface area (Å²) >= 11 is 0. The lowest BCUT2D eigenvalue weighted by Crippen LogP contribution is -2.36. The summed E-state index contributed by atoms with van der Waals surface area (Å²) in [6.45, 7) is 6.38. The van der Waals surface area contributed by atoms with Gasteiger partial charge in [0.05, 0.1) is 17.3 Å². The van der Waals surface area contributed by atoms with Gasteiger partial charge in [-0.25, -0.2) is 9.18 Å². The molecule has 2 rings (SSSR count). The first-order valence-electron chi connectivity index (χ1n) is 7.41. The summed E-state index contributed by atoms with van der Waals surface area (Å²) in [5.41, 5.74) is -1.29. The average Bonchev–Trinajstić information content (AvgIpc) is 2.96.